The van der Waals surface area contributed by atoms with Gasteiger partial charge in [-0.25, -0.2) is 4.39 Å². The van der Waals surface area contributed by atoms with Crippen LogP contribution in [0.3, 0.4) is 0 Å². The SMILES string of the molecule is Cc1cc2c(c(OCC(F)(F)F)c1F)C(=O)N1C[C@@H](O)C[C@@H]1CO2. The van der Waals surface area contributed by atoms with Crippen molar-refractivity contribution >= 4 is 5.91 Å². The van der Waals surface area contributed by atoms with E-state index in [4.69, 9.17) is 4.74 Å². The largest absolute Gasteiger partial charge is 0.490 e. The number of hydrogen-bond acceptors (Lipinski definition) is 4. The lowest BCUT2D eigenvalue weighted by atomic mass is 10.1. The average Bonchev–Trinajstić information content (AvgIpc) is 2.80. The number of aliphatic hydroxyl groups is 1. The fraction of sp³-hybridized carbons (Fsp3) is 0.533. The van der Waals surface area contributed by atoms with Crippen LogP contribution in [-0.2, 0) is 0 Å². The summed E-state index contributed by atoms with van der Waals surface area (Å²) in [6.45, 7) is -0.293. The van der Waals surface area contributed by atoms with Crippen molar-refractivity contribution in [1.29, 1.82) is 0 Å². The molecular formula is C15H15F4NO4. The number of alkyl halides is 3. The van der Waals surface area contributed by atoms with Crippen molar-refractivity contribution in [1.82, 2.24) is 4.90 Å². The molecule has 0 bridgehead atoms. The topological polar surface area (TPSA) is 59.0 Å². The van der Waals surface area contributed by atoms with Crippen LogP contribution in [0.1, 0.15) is 22.3 Å². The van der Waals surface area contributed by atoms with Gasteiger partial charge in [-0.15, -0.1) is 0 Å². The summed E-state index contributed by atoms with van der Waals surface area (Å²) in [5.74, 6) is -2.53. The van der Waals surface area contributed by atoms with E-state index in [0.29, 0.717) is 6.42 Å². The number of carbonyl (C=O) groups excluding carboxylic acids is 1. The first-order chi connectivity index (χ1) is 11.2. The lowest BCUT2D eigenvalue weighted by Crippen LogP contribution is -2.37. The molecule has 5 nitrogen and oxygen atoms in total. The van der Waals surface area contributed by atoms with Crippen LogP contribution in [-0.4, -0.2) is 54.0 Å². The fourth-order valence-electron chi connectivity index (χ4n) is 2.97. The lowest BCUT2D eigenvalue weighted by Gasteiger charge is -2.21. The number of hydrogen-bond donors (Lipinski definition) is 1. The van der Waals surface area contributed by atoms with E-state index < -0.39 is 42.4 Å². The Bertz CT molecular complexity index is 676. The van der Waals surface area contributed by atoms with Gasteiger partial charge in [0.2, 0.25) is 0 Å². The number of aliphatic hydroxyl groups excluding tert-OH is 1. The third-order valence-electron chi connectivity index (χ3n) is 4.05. The molecule has 0 radical (unpaired) electrons. The molecule has 2 atom stereocenters. The highest BCUT2D eigenvalue weighted by Gasteiger charge is 2.41. The Balaban J connectivity index is 2.04. The zero-order valence-corrected chi connectivity index (χ0v) is 12.7. The number of fused-ring (bicyclic) bond motifs is 2. The summed E-state index contributed by atoms with van der Waals surface area (Å²) in [7, 11) is 0. The van der Waals surface area contributed by atoms with Crippen LogP contribution in [0.4, 0.5) is 17.6 Å². The molecule has 1 N–H and O–H groups in total. The molecular weight excluding hydrogens is 334 g/mol. The van der Waals surface area contributed by atoms with Crippen LogP contribution >= 0.6 is 0 Å². The summed E-state index contributed by atoms with van der Waals surface area (Å²) in [5, 5.41) is 9.69. The number of amides is 1. The van der Waals surface area contributed by atoms with Gasteiger partial charge < -0.3 is 19.5 Å². The average molecular weight is 349 g/mol. The molecule has 0 aromatic heterocycles. The number of carbonyl (C=O) groups is 1. The van der Waals surface area contributed by atoms with Gasteiger partial charge in [0, 0.05) is 6.54 Å². The predicted octanol–water partition coefficient (Wildman–Crippen LogP) is 2.04. The molecule has 1 aromatic rings. The van der Waals surface area contributed by atoms with Gasteiger partial charge in [-0.1, -0.05) is 0 Å². The summed E-state index contributed by atoms with van der Waals surface area (Å²) in [4.78, 5) is 14.0. The Hall–Kier alpha value is -2.03. The zero-order valence-electron chi connectivity index (χ0n) is 12.7. The smallest absolute Gasteiger partial charge is 0.422 e. The standard InChI is InChI=1S/C15H15F4NO4/c1-7-2-10-11(13(12(7)16)24-6-15(17,18)19)14(22)20-4-9(21)3-8(20)5-23-10/h2,8-9,21H,3-6H2,1H3/t8-,9+/m1/s1. The molecule has 1 aromatic carbocycles. The summed E-state index contributed by atoms with van der Waals surface area (Å²) in [6, 6.07) is 0.848. The molecule has 1 saturated heterocycles. The van der Waals surface area contributed by atoms with Gasteiger partial charge in [-0.2, -0.15) is 13.2 Å². The van der Waals surface area contributed by atoms with Crippen LogP contribution < -0.4 is 9.47 Å². The molecule has 1 fully saturated rings. The highest BCUT2D eigenvalue weighted by molar-refractivity contribution is 6.00. The molecule has 0 unspecified atom stereocenters. The number of rotatable bonds is 2. The van der Waals surface area contributed by atoms with Gasteiger partial charge in [0.15, 0.2) is 18.2 Å². The van der Waals surface area contributed by atoms with E-state index in [1.807, 2.05) is 0 Å². The maximum absolute atomic E-state index is 14.3. The van der Waals surface area contributed by atoms with Gasteiger partial charge in [-0.05, 0) is 25.0 Å². The second kappa shape index (κ2) is 5.80. The highest BCUT2D eigenvalue weighted by atomic mass is 19.4. The van der Waals surface area contributed by atoms with Crippen molar-refractivity contribution in [3.05, 3.63) is 23.0 Å². The quantitative estimate of drug-likeness (QED) is 0.831. The van der Waals surface area contributed by atoms with Crippen LogP contribution in [0.5, 0.6) is 11.5 Å². The Kier molecular flexibility index (Phi) is 4.06. The van der Waals surface area contributed by atoms with E-state index in [-0.39, 0.29) is 30.0 Å². The monoisotopic (exact) mass is 349 g/mol. The molecule has 132 valence electrons. The van der Waals surface area contributed by atoms with E-state index in [1.54, 1.807) is 0 Å². The van der Waals surface area contributed by atoms with Gasteiger partial charge in [-0.3, -0.25) is 4.79 Å². The first-order valence-electron chi connectivity index (χ1n) is 7.32. The highest BCUT2D eigenvalue weighted by Crippen LogP contribution is 2.39. The molecule has 24 heavy (non-hydrogen) atoms. The molecule has 2 aliphatic rings. The molecule has 2 aliphatic heterocycles. The third kappa shape index (κ3) is 3.00. The Morgan fingerprint density at radius 2 is 2.17 bits per heavy atom. The summed E-state index contributed by atoms with van der Waals surface area (Å²) < 4.78 is 61.7. The summed E-state index contributed by atoms with van der Waals surface area (Å²) in [5.41, 5.74) is -0.361. The van der Waals surface area contributed by atoms with Gasteiger partial charge in [0.05, 0.1) is 12.1 Å². The van der Waals surface area contributed by atoms with Gasteiger partial charge >= 0.3 is 6.18 Å². The van der Waals surface area contributed by atoms with Crippen LogP contribution in [0, 0.1) is 12.7 Å². The fourth-order valence-corrected chi connectivity index (χ4v) is 2.97. The van der Waals surface area contributed by atoms with Crippen LogP contribution in [0.15, 0.2) is 6.07 Å². The number of halogens is 4. The third-order valence-corrected chi connectivity index (χ3v) is 4.05. The summed E-state index contributed by atoms with van der Waals surface area (Å²) in [6.07, 6.45) is -5.14. The van der Waals surface area contributed by atoms with E-state index in [1.165, 1.54) is 17.9 Å². The maximum atomic E-state index is 14.3. The summed E-state index contributed by atoms with van der Waals surface area (Å²) >= 11 is 0. The minimum Gasteiger partial charge on any atom is -0.490 e. The first kappa shape index (κ1) is 16.8. The van der Waals surface area contributed by atoms with E-state index in [9.17, 15) is 27.5 Å². The normalized spacial score (nSPS) is 23.4. The van der Waals surface area contributed by atoms with Crippen molar-refractivity contribution in [3.8, 4) is 11.5 Å². The first-order valence-corrected chi connectivity index (χ1v) is 7.32. The Labute approximate surface area is 134 Å². The number of ether oxygens (including phenoxy) is 2. The van der Waals surface area contributed by atoms with Crippen molar-refractivity contribution < 1.29 is 36.9 Å². The van der Waals surface area contributed by atoms with E-state index in [2.05, 4.69) is 4.74 Å². The molecule has 0 aliphatic carbocycles. The maximum Gasteiger partial charge on any atom is 0.422 e. The minimum absolute atomic E-state index is 0.0139. The minimum atomic E-state index is -4.68. The molecule has 1 amide bonds. The Morgan fingerprint density at radius 1 is 1.46 bits per heavy atom. The number of nitrogens with zero attached hydrogens (tertiary/aromatic N) is 1. The second-order valence-corrected chi connectivity index (χ2v) is 5.93. The number of aryl methyl sites for hydroxylation is 1. The van der Waals surface area contributed by atoms with Crippen LogP contribution in [0.2, 0.25) is 0 Å². The van der Waals surface area contributed by atoms with Crippen molar-refractivity contribution in [2.24, 2.45) is 0 Å². The molecule has 2 heterocycles. The van der Waals surface area contributed by atoms with Gasteiger partial charge in [0.1, 0.15) is 17.9 Å². The van der Waals surface area contributed by atoms with Crippen molar-refractivity contribution in [3.63, 3.8) is 0 Å². The van der Waals surface area contributed by atoms with Gasteiger partial charge in [0.25, 0.3) is 5.91 Å². The number of benzene rings is 1. The zero-order chi connectivity index (χ0) is 17.6. The lowest BCUT2D eigenvalue weighted by molar-refractivity contribution is -0.153. The molecule has 3 rings (SSSR count). The predicted molar refractivity (Wildman–Crippen MR) is 73.6 cm³/mol. The van der Waals surface area contributed by atoms with Crippen molar-refractivity contribution in [2.45, 2.75) is 31.7 Å². The molecule has 0 saturated carbocycles. The van der Waals surface area contributed by atoms with Crippen LogP contribution in [0.25, 0.3) is 0 Å². The van der Waals surface area contributed by atoms with Crippen molar-refractivity contribution in [2.75, 3.05) is 19.8 Å². The Morgan fingerprint density at radius 3 is 2.83 bits per heavy atom. The second-order valence-electron chi connectivity index (χ2n) is 5.93. The van der Waals surface area contributed by atoms with E-state index in [0.717, 1.165) is 0 Å². The molecule has 9 heteroatoms. The van der Waals surface area contributed by atoms with E-state index >= 15 is 0 Å². The molecule has 0 spiro atoms.